The Morgan fingerprint density at radius 2 is 1.75 bits per heavy atom. The number of alkyl halides is 1. The van der Waals surface area contributed by atoms with Gasteiger partial charge in [0.1, 0.15) is 0 Å². The highest BCUT2D eigenvalue weighted by Crippen LogP contribution is 2.34. The van der Waals surface area contributed by atoms with Gasteiger partial charge in [0.05, 0.1) is 12.5 Å². The normalized spacial score (nSPS) is 14.9. The molecule has 2 aromatic rings. The van der Waals surface area contributed by atoms with Crippen molar-refractivity contribution < 1.29 is 9.13 Å². The summed E-state index contributed by atoms with van der Waals surface area (Å²) in [6.07, 6.45) is 3.48. The maximum Gasteiger partial charge on any atom is 0.165 e. The fraction of sp³-hybridized carbons (Fsp3) is 0.294. The van der Waals surface area contributed by atoms with Gasteiger partial charge in [0.15, 0.2) is 11.6 Å². The molecule has 1 aliphatic carbocycles. The van der Waals surface area contributed by atoms with Gasteiger partial charge in [-0.05, 0) is 53.6 Å². The zero-order chi connectivity index (χ0) is 14.1. The molecule has 0 fully saturated rings. The first-order chi connectivity index (χ1) is 9.69. The van der Waals surface area contributed by atoms with Crippen molar-refractivity contribution in [2.45, 2.75) is 24.6 Å². The van der Waals surface area contributed by atoms with E-state index < -0.39 is 0 Å². The van der Waals surface area contributed by atoms with Crippen molar-refractivity contribution in [2.24, 2.45) is 0 Å². The average Bonchev–Trinajstić information content (AvgIpc) is 2.93. The molecule has 104 valence electrons. The first-order valence-electron chi connectivity index (χ1n) is 6.78. The fourth-order valence-corrected chi connectivity index (χ4v) is 3.05. The van der Waals surface area contributed by atoms with E-state index in [2.05, 4.69) is 12.1 Å². The van der Waals surface area contributed by atoms with Crippen LogP contribution in [0.15, 0.2) is 36.4 Å². The molecule has 0 radical (unpaired) electrons. The van der Waals surface area contributed by atoms with Gasteiger partial charge in [-0.15, -0.1) is 11.6 Å². The number of rotatable bonds is 3. The number of halogens is 2. The minimum Gasteiger partial charge on any atom is -0.494 e. The van der Waals surface area contributed by atoms with Crippen LogP contribution < -0.4 is 4.74 Å². The Hall–Kier alpha value is -1.54. The van der Waals surface area contributed by atoms with E-state index in [4.69, 9.17) is 16.3 Å². The van der Waals surface area contributed by atoms with Crippen LogP contribution >= 0.6 is 11.6 Å². The average molecular weight is 291 g/mol. The Labute approximate surface area is 123 Å². The van der Waals surface area contributed by atoms with Crippen LogP contribution in [0.5, 0.6) is 5.75 Å². The van der Waals surface area contributed by atoms with Crippen LogP contribution in [0.1, 0.15) is 34.1 Å². The summed E-state index contributed by atoms with van der Waals surface area (Å²) in [6, 6.07) is 11.2. The van der Waals surface area contributed by atoms with Gasteiger partial charge in [-0.3, -0.25) is 0 Å². The minimum absolute atomic E-state index is 0.242. The quantitative estimate of drug-likeness (QED) is 0.748. The van der Waals surface area contributed by atoms with E-state index in [9.17, 15) is 4.39 Å². The van der Waals surface area contributed by atoms with Crippen molar-refractivity contribution in [3.8, 4) is 5.75 Å². The molecule has 3 heteroatoms. The molecule has 1 atom stereocenters. The molecule has 0 N–H and O–H groups in total. The van der Waals surface area contributed by atoms with E-state index in [1.807, 2.05) is 12.1 Å². The third-order valence-electron chi connectivity index (χ3n) is 3.88. The monoisotopic (exact) mass is 290 g/mol. The topological polar surface area (TPSA) is 9.23 Å². The smallest absolute Gasteiger partial charge is 0.165 e. The van der Waals surface area contributed by atoms with Crippen LogP contribution in [-0.4, -0.2) is 7.11 Å². The number of methoxy groups -OCH3 is 1. The Bertz CT molecular complexity index is 639. The summed E-state index contributed by atoms with van der Waals surface area (Å²) in [5, 5.41) is -0.332. The first kappa shape index (κ1) is 13.4. The van der Waals surface area contributed by atoms with E-state index in [0.717, 1.165) is 24.0 Å². The van der Waals surface area contributed by atoms with Gasteiger partial charge in [-0.2, -0.15) is 0 Å². The van der Waals surface area contributed by atoms with Crippen LogP contribution in [0.4, 0.5) is 4.39 Å². The Morgan fingerprint density at radius 3 is 2.50 bits per heavy atom. The van der Waals surface area contributed by atoms with Crippen LogP contribution in [0.2, 0.25) is 0 Å². The fourth-order valence-electron chi connectivity index (χ4n) is 2.78. The molecule has 0 heterocycles. The predicted octanol–water partition coefficient (Wildman–Crippen LogP) is 4.65. The summed E-state index contributed by atoms with van der Waals surface area (Å²) in [7, 11) is 1.46. The van der Waals surface area contributed by atoms with E-state index in [0.29, 0.717) is 0 Å². The lowest BCUT2D eigenvalue weighted by molar-refractivity contribution is 0.386. The van der Waals surface area contributed by atoms with Crippen LogP contribution in [0, 0.1) is 5.82 Å². The highest BCUT2D eigenvalue weighted by Gasteiger charge is 2.17. The Kier molecular flexibility index (Phi) is 3.66. The van der Waals surface area contributed by atoms with Crippen molar-refractivity contribution in [1.82, 2.24) is 0 Å². The van der Waals surface area contributed by atoms with Crippen molar-refractivity contribution in [3.63, 3.8) is 0 Å². The standard InChI is InChI=1S/C17H16ClFO/c1-20-16-8-7-14(10-15(16)19)17(18)13-6-5-11-3-2-4-12(11)9-13/h5-10,17H,2-4H2,1H3. The predicted molar refractivity (Wildman–Crippen MR) is 79.1 cm³/mol. The number of fused-ring (bicyclic) bond motifs is 1. The molecule has 20 heavy (non-hydrogen) atoms. The second-order valence-electron chi connectivity index (χ2n) is 5.14. The number of benzene rings is 2. The molecule has 3 rings (SSSR count). The highest BCUT2D eigenvalue weighted by atomic mass is 35.5. The highest BCUT2D eigenvalue weighted by molar-refractivity contribution is 6.22. The zero-order valence-electron chi connectivity index (χ0n) is 11.3. The van der Waals surface area contributed by atoms with Crippen molar-refractivity contribution >= 4 is 11.6 Å². The van der Waals surface area contributed by atoms with Crippen LogP contribution in [0.25, 0.3) is 0 Å². The first-order valence-corrected chi connectivity index (χ1v) is 7.22. The molecular weight excluding hydrogens is 275 g/mol. The molecule has 0 bridgehead atoms. The van der Waals surface area contributed by atoms with Crippen molar-refractivity contribution in [2.75, 3.05) is 7.11 Å². The molecule has 0 saturated heterocycles. The third kappa shape index (κ3) is 2.40. The van der Waals surface area contributed by atoms with Crippen LogP contribution in [-0.2, 0) is 12.8 Å². The Morgan fingerprint density at radius 1 is 1.05 bits per heavy atom. The second-order valence-corrected chi connectivity index (χ2v) is 5.57. The van der Waals surface area contributed by atoms with E-state index in [1.54, 1.807) is 6.07 Å². The maximum absolute atomic E-state index is 13.8. The van der Waals surface area contributed by atoms with E-state index in [-0.39, 0.29) is 16.9 Å². The molecule has 1 unspecified atom stereocenters. The summed E-state index contributed by atoms with van der Waals surface area (Å²) in [5.41, 5.74) is 4.57. The third-order valence-corrected chi connectivity index (χ3v) is 4.39. The molecule has 0 saturated carbocycles. The molecule has 0 spiro atoms. The lowest BCUT2D eigenvalue weighted by Gasteiger charge is -2.13. The number of aryl methyl sites for hydroxylation is 2. The van der Waals surface area contributed by atoms with E-state index >= 15 is 0 Å². The summed E-state index contributed by atoms with van der Waals surface area (Å²) in [4.78, 5) is 0. The second kappa shape index (κ2) is 5.45. The SMILES string of the molecule is COc1ccc(C(Cl)c2ccc3c(c2)CCC3)cc1F. The molecule has 0 aromatic heterocycles. The van der Waals surface area contributed by atoms with E-state index in [1.165, 1.54) is 30.7 Å². The molecule has 0 aliphatic heterocycles. The molecule has 2 aromatic carbocycles. The van der Waals surface area contributed by atoms with Gasteiger partial charge < -0.3 is 4.74 Å². The zero-order valence-corrected chi connectivity index (χ0v) is 12.1. The van der Waals surface area contributed by atoms with Gasteiger partial charge in [-0.1, -0.05) is 24.3 Å². The number of ether oxygens (including phenoxy) is 1. The van der Waals surface area contributed by atoms with Crippen LogP contribution in [0.3, 0.4) is 0 Å². The molecule has 1 nitrogen and oxygen atoms in total. The Balaban J connectivity index is 1.92. The largest absolute Gasteiger partial charge is 0.494 e. The van der Waals surface area contributed by atoms with Gasteiger partial charge in [0.2, 0.25) is 0 Å². The molecule has 1 aliphatic rings. The minimum atomic E-state index is -0.378. The summed E-state index contributed by atoms with van der Waals surface area (Å²) in [6.45, 7) is 0. The van der Waals surface area contributed by atoms with Crippen molar-refractivity contribution in [1.29, 1.82) is 0 Å². The summed E-state index contributed by atoms with van der Waals surface area (Å²) in [5.74, 6) is -0.136. The van der Waals surface area contributed by atoms with Gasteiger partial charge in [-0.25, -0.2) is 4.39 Å². The number of hydrogen-bond acceptors (Lipinski definition) is 1. The molecule has 0 amide bonds. The van der Waals surface area contributed by atoms with Gasteiger partial charge in [0.25, 0.3) is 0 Å². The lowest BCUT2D eigenvalue weighted by Crippen LogP contribution is -1.97. The van der Waals surface area contributed by atoms with Gasteiger partial charge in [0, 0.05) is 0 Å². The van der Waals surface area contributed by atoms with Crippen molar-refractivity contribution in [3.05, 3.63) is 64.5 Å². The maximum atomic E-state index is 13.8. The van der Waals surface area contributed by atoms with Gasteiger partial charge >= 0.3 is 0 Å². The number of hydrogen-bond donors (Lipinski definition) is 0. The summed E-state index contributed by atoms with van der Waals surface area (Å²) < 4.78 is 18.7. The lowest BCUT2D eigenvalue weighted by atomic mass is 10.00. The summed E-state index contributed by atoms with van der Waals surface area (Å²) >= 11 is 6.49. The molecular formula is C17H16ClFO.